The summed E-state index contributed by atoms with van der Waals surface area (Å²) in [6.45, 7) is -0.0803. The maximum Gasteiger partial charge on any atom is 0.312 e. The van der Waals surface area contributed by atoms with Crippen molar-refractivity contribution in [1.29, 1.82) is 0 Å². The van der Waals surface area contributed by atoms with Gasteiger partial charge in [0.2, 0.25) is 0 Å². The van der Waals surface area contributed by atoms with Crippen LogP contribution in [0.1, 0.15) is 11.8 Å². The fraction of sp³-hybridized carbons (Fsp3) is 0.400. The summed E-state index contributed by atoms with van der Waals surface area (Å²) in [5, 5.41) is 25.2. The van der Waals surface area contributed by atoms with E-state index in [9.17, 15) is 10.1 Å². The van der Waals surface area contributed by atoms with Crippen molar-refractivity contribution in [2.75, 3.05) is 6.54 Å². The van der Waals surface area contributed by atoms with E-state index in [-0.39, 0.29) is 17.9 Å². The van der Waals surface area contributed by atoms with Crippen LogP contribution in [0.3, 0.4) is 0 Å². The number of aromatic amines is 1. The summed E-state index contributed by atoms with van der Waals surface area (Å²) in [5.74, 6) is 0. The molecule has 0 saturated carbocycles. The van der Waals surface area contributed by atoms with Gasteiger partial charge in [-0.1, -0.05) is 0 Å². The molecule has 1 rings (SSSR count). The molecule has 0 amide bonds. The first-order valence-corrected chi connectivity index (χ1v) is 3.22. The molecular formula is C5H8N4O3. The van der Waals surface area contributed by atoms with Crippen molar-refractivity contribution in [2.24, 2.45) is 5.73 Å². The highest BCUT2D eigenvalue weighted by Crippen LogP contribution is 2.20. The third-order valence-electron chi connectivity index (χ3n) is 1.40. The van der Waals surface area contributed by atoms with E-state index in [1.165, 1.54) is 0 Å². The Balaban J connectivity index is 2.98. The predicted octanol–water partition coefficient (Wildman–Crippen LogP) is -0.690. The van der Waals surface area contributed by atoms with Crippen LogP contribution < -0.4 is 5.73 Å². The number of aliphatic hydroxyl groups is 1. The molecule has 0 fully saturated rings. The number of hydrogen-bond donors (Lipinski definition) is 3. The Labute approximate surface area is 67.3 Å². The number of hydrogen-bond acceptors (Lipinski definition) is 5. The average Bonchev–Trinajstić information content (AvgIpc) is 2.50. The van der Waals surface area contributed by atoms with Crippen molar-refractivity contribution in [2.45, 2.75) is 6.10 Å². The second-order valence-electron chi connectivity index (χ2n) is 2.18. The molecule has 1 aromatic rings. The molecule has 0 spiro atoms. The summed E-state index contributed by atoms with van der Waals surface area (Å²) in [7, 11) is 0. The number of nitrogens with two attached hydrogens (primary N) is 1. The fourth-order valence-electron chi connectivity index (χ4n) is 0.798. The van der Waals surface area contributed by atoms with Gasteiger partial charge in [-0.3, -0.25) is 15.2 Å². The first-order chi connectivity index (χ1) is 5.66. The number of nitro groups is 1. The van der Waals surface area contributed by atoms with Crippen molar-refractivity contribution in [3.8, 4) is 0 Å². The lowest BCUT2D eigenvalue weighted by Gasteiger charge is -2.02. The van der Waals surface area contributed by atoms with Crippen LogP contribution in [0.2, 0.25) is 0 Å². The van der Waals surface area contributed by atoms with Crippen molar-refractivity contribution in [3.63, 3.8) is 0 Å². The minimum atomic E-state index is -1.06. The smallest absolute Gasteiger partial charge is 0.312 e. The van der Waals surface area contributed by atoms with Crippen LogP contribution in [0.5, 0.6) is 0 Å². The molecule has 7 nitrogen and oxygen atoms in total. The molecule has 1 aromatic heterocycles. The van der Waals surface area contributed by atoms with E-state index in [4.69, 9.17) is 10.8 Å². The zero-order valence-electron chi connectivity index (χ0n) is 6.10. The molecule has 1 unspecified atom stereocenters. The molecule has 0 aliphatic carbocycles. The molecule has 0 saturated heterocycles. The van der Waals surface area contributed by atoms with Gasteiger partial charge in [0.1, 0.15) is 18.0 Å². The highest BCUT2D eigenvalue weighted by Gasteiger charge is 2.21. The molecule has 12 heavy (non-hydrogen) atoms. The van der Waals surface area contributed by atoms with Gasteiger partial charge >= 0.3 is 5.69 Å². The first kappa shape index (κ1) is 8.62. The molecule has 66 valence electrons. The monoisotopic (exact) mass is 172 g/mol. The largest absolute Gasteiger partial charge is 0.385 e. The van der Waals surface area contributed by atoms with Crippen molar-refractivity contribution < 1.29 is 10.0 Å². The van der Waals surface area contributed by atoms with Crippen molar-refractivity contribution in [3.05, 3.63) is 22.0 Å². The molecule has 4 N–H and O–H groups in total. The summed E-state index contributed by atoms with van der Waals surface area (Å²) >= 11 is 0. The SMILES string of the molecule is NCC(O)c1[nH]ncc1[N+](=O)[O-]. The number of H-pyrrole nitrogens is 1. The van der Waals surface area contributed by atoms with Crippen molar-refractivity contribution in [1.82, 2.24) is 10.2 Å². The van der Waals surface area contributed by atoms with Gasteiger partial charge in [-0.25, -0.2) is 0 Å². The third kappa shape index (κ3) is 1.41. The molecule has 0 radical (unpaired) electrons. The highest BCUT2D eigenvalue weighted by molar-refractivity contribution is 5.33. The van der Waals surface area contributed by atoms with Crippen LogP contribution in [0.15, 0.2) is 6.20 Å². The lowest BCUT2D eigenvalue weighted by molar-refractivity contribution is -0.386. The van der Waals surface area contributed by atoms with E-state index in [2.05, 4.69) is 10.2 Å². The first-order valence-electron chi connectivity index (χ1n) is 3.22. The average molecular weight is 172 g/mol. The third-order valence-corrected chi connectivity index (χ3v) is 1.40. The molecular weight excluding hydrogens is 164 g/mol. The van der Waals surface area contributed by atoms with Crippen LogP contribution in [0.4, 0.5) is 5.69 Å². The summed E-state index contributed by atoms with van der Waals surface area (Å²) in [4.78, 5) is 9.67. The maximum atomic E-state index is 10.3. The fourth-order valence-corrected chi connectivity index (χ4v) is 0.798. The number of aromatic nitrogens is 2. The Kier molecular flexibility index (Phi) is 2.36. The Bertz CT molecular complexity index is 284. The second-order valence-corrected chi connectivity index (χ2v) is 2.18. The van der Waals surface area contributed by atoms with E-state index in [1.807, 2.05) is 0 Å². The van der Waals surface area contributed by atoms with Gasteiger partial charge in [-0.15, -0.1) is 0 Å². The van der Waals surface area contributed by atoms with E-state index in [1.54, 1.807) is 0 Å². The van der Waals surface area contributed by atoms with Gasteiger partial charge < -0.3 is 10.8 Å². The standard InChI is InChI=1S/C5H8N4O3/c6-1-4(10)5-3(9(11)12)2-7-8-5/h2,4,10H,1,6H2,(H,7,8). The number of aliphatic hydroxyl groups excluding tert-OH is 1. The van der Waals surface area contributed by atoms with E-state index in [0.29, 0.717) is 0 Å². The van der Waals surface area contributed by atoms with Crippen LogP contribution in [-0.4, -0.2) is 26.8 Å². The lowest BCUT2D eigenvalue weighted by atomic mass is 10.2. The summed E-state index contributed by atoms with van der Waals surface area (Å²) in [6, 6.07) is 0. The van der Waals surface area contributed by atoms with Gasteiger partial charge in [-0.2, -0.15) is 5.10 Å². The Morgan fingerprint density at radius 3 is 3.08 bits per heavy atom. The second kappa shape index (κ2) is 3.28. The molecule has 1 heterocycles. The molecule has 0 aliphatic heterocycles. The van der Waals surface area contributed by atoms with Crippen LogP contribution >= 0.6 is 0 Å². The summed E-state index contributed by atoms with van der Waals surface area (Å²) in [6.07, 6.45) is -0.0262. The zero-order chi connectivity index (χ0) is 9.14. The Morgan fingerprint density at radius 2 is 2.58 bits per heavy atom. The quantitative estimate of drug-likeness (QED) is 0.412. The zero-order valence-corrected chi connectivity index (χ0v) is 6.10. The lowest BCUT2D eigenvalue weighted by Crippen LogP contribution is -2.13. The Morgan fingerprint density at radius 1 is 1.92 bits per heavy atom. The van der Waals surface area contributed by atoms with Crippen LogP contribution in [-0.2, 0) is 0 Å². The normalized spacial score (nSPS) is 12.8. The Hall–Kier alpha value is -1.47. The minimum absolute atomic E-state index is 0.0440. The summed E-state index contributed by atoms with van der Waals surface area (Å²) in [5.41, 5.74) is 4.91. The van der Waals surface area contributed by atoms with Crippen molar-refractivity contribution >= 4 is 5.69 Å². The predicted molar refractivity (Wildman–Crippen MR) is 39.3 cm³/mol. The van der Waals surface area contributed by atoms with Gasteiger partial charge in [0.25, 0.3) is 0 Å². The van der Waals surface area contributed by atoms with E-state index in [0.717, 1.165) is 6.20 Å². The number of nitrogens with one attached hydrogen (secondary N) is 1. The maximum absolute atomic E-state index is 10.3. The molecule has 0 bridgehead atoms. The molecule has 0 aromatic carbocycles. The summed E-state index contributed by atoms with van der Waals surface area (Å²) < 4.78 is 0. The molecule has 7 heteroatoms. The van der Waals surface area contributed by atoms with Gasteiger partial charge in [0, 0.05) is 6.54 Å². The number of rotatable bonds is 3. The highest BCUT2D eigenvalue weighted by atomic mass is 16.6. The molecule has 0 aliphatic rings. The van der Waals surface area contributed by atoms with E-state index >= 15 is 0 Å². The minimum Gasteiger partial charge on any atom is -0.385 e. The van der Waals surface area contributed by atoms with Gasteiger partial charge in [0.15, 0.2) is 0 Å². The van der Waals surface area contributed by atoms with Gasteiger partial charge in [-0.05, 0) is 0 Å². The van der Waals surface area contributed by atoms with Gasteiger partial charge in [0.05, 0.1) is 4.92 Å². The molecule has 1 atom stereocenters. The topological polar surface area (TPSA) is 118 Å². The van der Waals surface area contributed by atoms with Crippen LogP contribution in [0.25, 0.3) is 0 Å². The van der Waals surface area contributed by atoms with Crippen LogP contribution in [0, 0.1) is 10.1 Å². The van der Waals surface area contributed by atoms with E-state index < -0.39 is 11.0 Å². The number of nitrogens with zero attached hydrogens (tertiary/aromatic N) is 2.